The average Bonchev–Trinajstić information content (AvgIpc) is 2.39. The second kappa shape index (κ2) is 6.55. The summed E-state index contributed by atoms with van der Waals surface area (Å²) in [7, 11) is 3.45. The summed E-state index contributed by atoms with van der Waals surface area (Å²) in [6.07, 6.45) is 3.69. The Morgan fingerprint density at radius 2 is 2.17 bits per heavy atom. The van der Waals surface area contributed by atoms with Gasteiger partial charge in [-0.25, -0.2) is 0 Å². The van der Waals surface area contributed by atoms with Crippen molar-refractivity contribution in [1.29, 1.82) is 0 Å². The predicted molar refractivity (Wildman–Crippen MR) is 76.0 cm³/mol. The summed E-state index contributed by atoms with van der Waals surface area (Å²) in [5.74, 6) is 0.941. The molecule has 1 fully saturated rings. The summed E-state index contributed by atoms with van der Waals surface area (Å²) < 4.78 is 11.9. The van der Waals surface area contributed by atoms with E-state index in [1.54, 1.807) is 14.2 Å². The van der Waals surface area contributed by atoms with E-state index in [1.165, 1.54) is 24.0 Å². The minimum Gasteiger partial charge on any atom is -0.496 e. The second-order valence-electron chi connectivity index (χ2n) is 4.62. The number of nitrogens with one attached hydrogen (secondary N) is 1. The lowest BCUT2D eigenvalue weighted by Gasteiger charge is -2.27. The highest BCUT2D eigenvalue weighted by atomic mass is 79.9. The van der Waals surface area contributed by atoms with Gasteiger partial charge in [-0.15, -0.1) is 0 Å². The molecule has 1 aliphatic rings. The Balaban J connectivity index is 2.39. The van der Waals surface area contributed by atoms with Crippen molar-refractivity contribution >= 4 is 15.9 Å². The maximum Gasteiger partial charge on any atom is 0.125 e. The van der Waals surface area contributed by atoms with E-state index >= 15 is 0 Å². The molecular weight excluding hydrogens is 294 g/mol. The number of hydrogen-bond donors (Lipinski definition) is 1. The lowest BCUT2D eigenvalue weighted by atomic mass is 9.93. The van der Waals surface area contributed by atoms with Crippen LogP contribution in [0.4, 0.5) is 0 Å². The zero-order valence-electron chi connectivity index (χ0n) is 11.0. The molecule has 0 radical (unpaired) electrons. The zero-order valence-corrected chi connectivity index (χ0v) is 12.5. The van der Waals surface area contributed by atoms with E-state index in [2.05, 4.69) is 27.3 Å². The molecule has 0 aromatic heterocycles. The van der Waals surface area contributed by atoms with Gasteiger partial charge in [-0.05, 0) is 37.1 Å². The number of halogens is 1. The van der Waals surface area contributed by atoms with E-state index in [9.17, 15) is 0 Å². The van der Waals surface area contributed by atoms with E-state index < -0.39 is 0 Å². The zero-order chi connectivity index (χ0) is 13.0. The van der Waals surface area contributed by atoms with E-state index in [-0.39, 0.29) is 0 Å². The number of benzene rings is 1. The molecule has 4 heteroatoms. The highest BCUT2D eigenvalue weighted by Gasteiger charge is 2.22. The van der Waals surface area contributed by atoms with Crippen LogP contribution in [0.25, 0.3) is 0 Å². The van der Waals surface area contributed by atoms with E-state index in [1.807, 2.05) is 6.07 Å². The van der Waals surface area contributed by atoms with E-state index in [4.69, 9.17) is 9.47 Å². The normalized spacial score (nSPS) is 19.8. The van der Waals surface area contributed by atoms with Crippen LogP contribution in [0.1, 0.15) is 36.4 Å². The fraction of sp³-hybridized carbons (Fsp3) is 0.571. The summed E-state index contributed by atoms with van der Waals surface area (Å²) in [5, 5.41) is 3.58. The van der Waals surface area contributed by atoms with Gasteiger partial charge in [-0.3, -0.25) is 0 Å². The van der Waals surface area contributed by atoms with Crippen LogP contribution in [0.2, 0.25) is 0 Å². The highest BCUT2D eigenvalue weighted by molar-refractivity contribution is 9.10. The molecule has 1 aliphatic heterocycles. The summed E-state index contributed by atoms with van der Waals surface area (Å²) in [6, 6.07) is 4.54. The van der Waals surface area contributed by atoms with Crippen molar-refractivity contribution in [3.63, 3.8) is 0 Å². The molecule has 0 spiro atoms. The van der Waals surface area contributed by atoms with Gasteiger partial charge in [0.05, 0.1) is 13.7 Å². The van der Waals surface area contributed by atoms with Crippen LogP contribution in [-0.2, 0) is 11.3 Å². The third kappa shape index (κ3) is 3.05. The van der Waals surface area contributed by atoms with Crippen molar-refractivity contribution in [2.24, 2.45) is 0 Å². The Morgan fingerprint density at radius 1 is 1.33 bits per heavy atom. The highest BCUT2D eigenvalue weighted by Crippen LogP contribution is 2.36. The Kier molecular flexibility index (Phi) is 5.03. The van der Waals surface area contributed by atoms with E-state index in [0.717, 1.165) is 23.2 Å². The van der Waals surface area contributed by atoms with Crippen LogP contribution >= 0.6 is 15.9 Å². The molecule has 1 aromatic carbocycles. The second-order valence-corrected chi connectivity index (χ2v) is 5.53. The van der Waals surface area contributed by atoms with Crippen LogP contribution in [0.3, 0.4) is 0 Å². The molecular formula is C14H20BrNO2. The maximum absolute atomic E-state index is 5.54. The molecule has 1 unspecified atom stereocenters. The van der Waals surface area contributed by atoms with Crippen molar-refractivity contribution < 1.29 is 9.47 Å². The Bertz CT molecular complexity index is 403. The maximum atomic E-state index is 5.54. The number of rotatable bonds is 4. The van der Waals surface area contributed by atoms with Crippen molar-refractivity contribution in [3.8, 4) is 5.75 Å². The predicted octanol–water partition coefficient (Wildman–Crippen LogP) is 3.42. The van der Waals surface area contributed by atoms with Crippen molar-refractivity contribution in [2.75, 3.05) is 20.8 Å². The topological polar surface area (TPSA) is 30.5 Å². The first-order valence-corrected chi connectivity index (χ1v) is 7.14. The molecule has 100 valence electrons. The van der Waals surface area contributed by atoms with Gasteiger partial charge in [0, 0.05) is 23.2 Å². The third-order valence-corrected chi connectivity index (χ3v) is 3.83. The van der Waals surface area contributed by atoms with Crippen LogP contribution in [0, 0.1) is 0 Å². The minimum atomic E-state index is 0.381. The molecule has 3 nitrogen and oxygen atoms in total. The number of ether oxygens (including phenoxy) is 2. The lowest BCUT2D eigenvalue weighted by molar-refractivity contribution is 0.182. The van der Waals surface area contributed by atoms with Crippen molar-refractivity contribution in [1.82, 2.24) is 5.32 Å². The molecule has 0 saturated carbocycles. The summed E-state index contributed by atoms with van der Waals surface area (Å²) in [6.45, 7) is 1.69. The van der Waals surface area contributed by atoms with Crippen LogP contribution in [0.5, 0.6) is 5.75 Å². The summed E-state index contributed by atoms with van der Waals surface area (Å²) in [5.41, 5.74) is 2.45. The van der Waals surface area contributed by atoms with Gasteiger partial charge in [0.2, 0.25) is 0 Å². The van der Waals surface area contributed by atoms with Gasteiger partial charge < -0.3 is 14.8 Å². The molecule has 1 saturated heterocycles. The molecule has 1 heterocycles. The number of piperidine rings is 1. The molecule has 0 amide bonds. The van der Waals surface area contributed by atoms with Gasteiger partial charge in [0.25, 0.3) is 0 Å². The molecule has 1 aromatic rings. The fourth-order valence-electron chi connectivity index (χ4n) is 2.58. The molecule has 0 bridgehead atoms. The van der Waals surface area contributed by atoms with Crippen molar-refractivity contribution in [2.45, 2.75) is 31.9 Å². The average molecular weight is 314 g/mol. The van der Waals surface area contributed by atoms with Gasteiger partial charge in [-0.2, -0.15) is 0 Å². The fourth-order valence-corrected chi connectivity index (χ4v) is 3.07. The monoisotopic (exact) mass is 313 g/mol. The molecule has 2 rings (SSSR count). The quantitative estimate of drug-likeness (QED) is 0.924. The Labute approximate surface area is 117 Å². The standard InChI is InChI=1S/C14H20BrNO2/c1-17-9-10-7-11(15)8-13(18-2)14(10)12-5-3-4-6-16-12/h7-8,12,16H,3-6,9H2,1-2H3. The van der Waals surface area contributed by atoms with Gasteiger partial charge in [-0.1, -0.05) is 22.4 Å². The lowest BCUT2D eigenvalue weighted by Crippen LogP contribution is -2.28. The van der Waals surface area contributed by atoms with Gasteiger partial charge in [0.1, 0.15) is 5.75 Å². The third-order valence-electron chi connectivity index (χ3n) is 3.37. The molecule has 1 atom stereocenters. The first kappa shape index (κ1) is 13.8. The SMILES string of the molecule is COCc1cc(Br)cc(OC)c1C1CCCCN1. The van der Waals surface area contributed by atoms with Crippen molar-refractivity contribution in [3.05, 3.63) is 27.7 Å². The van der Waals surface area contributed by atoms with Gasteiger partial charge >= 0.3 is 0 Å². The Morgan fingerprint density at radius 3 is 2.78 bits per heavy atom. The number of methoxy groups -OCH3 is 2. The number of hydrogen-bond acceptors (Lipinski definition) is 3. The summed E-state index contributed by atoms with van der Waals surface area (Å²) >= 11 is 3.53. The Hall–Kier alpha value is -0.580. The largest absolute Gasteiger partial charge is 0.496 e. The first-order valence-electron chi connectivity index (χ1n) is 6.35. The van der Waals surface area contributed by atoms with Gasteiger partial charge in [0.15, 0.2) is 0 Å². The van der Waals surface area contributed by atoms with Crippen LogP contribution < -0.4 is 10.1 Å². The smallest absolute Gasteiger partial charge is 0.125 e. The molecule has 0 aliphatic carbocycles. The molecule has 1 N–H and O–H groups in total. The van der Waals surface area contributed by atoms with Crippen LogP contribution in [-0.4, -0.2) is 20.8 Å². The van der Waals surface area contributed by atoms with E-state index in [0.29, 0.717) is 12.6 Å². The first-order chi connectivity index (χ1) is 8.76. The minimum absolute atomic E-state index is 0.381. The van der Waals surface area contributed by atoms with Crippen LogP contribution in [0.15, 0.2) is 16.6 Å². The summed E-state index contributed by atoms with van der Waals surface area (Å²) in [4.78, 5) is 0. The molecule has 18 heavy (non-hydrogen) atoms.